The van der Waals surface area contributed by atoms with Crippen molar-refractivity contribution in [1.82, 2.24) is 60.0 Å². The Hall–Kier alpha value is -7.06. The highest BCUT2D eigenvalue weighted by Crippen LogP contribution is 2.38. The van der Waals surface area contributed by atoms with Crippen LogP contribution in [0, 0.1) is 17.8 Å². The van der Waals surface area contributed by atoms with E-state index < -0.39 is 167 Å². The van der Waals surface area contributed by atoms with Gasteiger partial charge in [0.15, 0.2) is 0 Å². The van der Waals surface area contributed by atoms with Gasteiger partial charge in [-0.05, 0) is 126 Å². The van der Waals surface area contributed by atoms with Gasteiger partial charge in [0.05, 0.1) is 36.6 Å². The number of piperidine rings is 1. The molecule has 1 spiro atoms. The van der Waals surface area contributed by atoms with E-state index in [0.717, 1.165) is 84.6 Å². The molecule has 12 amide bonds. The van der Waals surface area contributed by atoms with Crippen molar-refractivity contribution >= 4 is 82.5 Å². The van der Waals surface area contributed by atoms with Crippen LogP contribution in [-0.4, -0.2) is 251 Å². The third kappa shape index (κ3) is 19.7. The molecule has 3 N–H and O–H groups in total. The second kappa shape index (κ2) is 34.8. The summed E-state index contributed by atoms with van der Waals surface area (Å²) in [5, 5.41) is 7.99. The molecular weight excluding hydrogens is 1290 g/mol. The van der Waals surface area contributed by atoms with Crippen LogP contribution in [0.1, 0.15) is 180 Å². The minimum Gasteiger partial charge on any atom is -0.343 e. The molecule has 1 aromatic rings. The summed E-state index contributed by atoms with van der Waals surface area (Å²) in [6.07, 6.45) is 6.74. The van der Waals surface area contributed by atoms with Gasteiger partial charge in [-0.25, -0.2) is 0 Å². The number of likely N-dealkylation sites (N-methyl/N-ethyl adjacent to an activating group) is 7. The van der Waals surface area contributed by atoms with Crippen molar-refractivity contribution in [3.8, 4) is 0 Å². The molecule has 0 unspecified atom stereocenters. The lowest BCUT2D eigenvalue weighted by molar-refractivity contribution is -0.157. The number of fused-ring (bicyclic) bond motifs is 1. The fourth-order valence-corrected chi connectivity index (χ4v) is 15.7. The topological polar surface area (TPSA) is 270 Å². The van der Waals surface area contributed by atoms with Crippen molar-refractivity contribution in [2.75, 3.05) is 88.6 Å². The predicted molar refractivity (Wildman–Crippen MR) is 360 cm³/mol. The molecule has 3 saturated carbocycles. The van der Waals surface area contributed by atoms with Gasteiger partial charge >= 0.3 is 6.18 Å². The first kappa shape index (κ1) is 78.3. The molecule has 3 saturated heterocycles. The molecule has 24 nitrogen and oxygen atoms in total. The molecule has 6 fully saturated rings. The van der Waals surface area contributed by atoms with Crippen molar-refractivity contribution in [2.24, 2.45) is 17.8 Å². The van der Waals surface area contributed by atoms with Crippen LogP contribution in [0.3, 0.4) is 0 Å². The number of hydrogen-bond acceptors (Lipinski definition) is 12. The first-order valence-corrected chi connectivity index (χ1v) is 35.8. The summed E-state index contributed by atoms with van der Waals surface area (Å²) in [6, 6.07) is -5.52. The Morgan fingerprint density at radius 3 is 1.82 bits per heavy atom. The summed E-state index contributed by atoms with van der Waals surface area (Å²) in [7, 11) is 9.93. The van der Waals surface area contributed by atoms with E-state index in [9.17, 15) is 46.7 Å². The number of carbonyl (C=O) groups excluding carboxylic acids is 12. The van der Waals surface area contributed by atoms with E-state index in [1.807, 2.05) is 13.8 Å². The van der Waals surface area contributed by atoms with Crippen molar-refractivity contribution < 1.29 is 70.7 Å². The average molecular weight is 1400 g/mol. The number of carbonyl (C=O) groups is 12. The number of nitrogens with one attached hydrogen (secondary N) is 3. The number of halogens is 4. The summed E-state index contributed by atoms with van der Waals surface area (Å²) in [5.74, 6) is -8.28. The van der Waals surface area contributed by atoms with Crippen LogP contribution in [0.15, 0.2) is 18.2 Å². The van der Waals surface area contributed by atoms with Crippen molar-refractivity contribution in [2.45, 2.75) is 229 Å². The van der Waals surface area contributed by atoms with E-state index in [1.54, 1.807) is 4.90 Å². The minimum atomic E-state index is -4.76. The molecule has 98 heavy (non-hydrogen) atoms. The van der Waals surface area contributed by atoms with Crippen molar-refractivity contribution in [3.05, 3.63) is 34.3 Å². The highest BCUT2D eigenvalue weighted by molar-refractivity contribution is 6.31. The molecule has 7 rings (SSSR count). The molecule has 0 aromatic heterocycles. The summed E-state index contributed by atoms with van der Waals surface area (Å²) in [6.45, 7) is 4.27. The fourth-order valence-electron chi connectivity index (χ4n) is 15.4. The third-order valence-corrected chi connectivity index (χ3v) is 21.6. The molecule has 3 heterocycles. The van der Waals surface area contributed by atoms with Crippen LogP contribution in [0.5, 0.6) is 0 Å². The fraction of sp³-hybridized carbons (Fsp3) is 0.743. The third-order valence-electron chi connectivity index (χ3n) is 21.3. The maximum Gasteiger partial charge on any atom is 0.417 e. The van der Waals surface area contributed by atoms with Gasteiger partial charge in [0.25, 0.3) is 0 Å². The molecule has 3 aliphatic carbocycles. The average Bonchev–Trinajstić information content (AvgIpc) is 1.41. The molecule has 7 atom stereocenters. The van der Waals surface area contributed by atoms with Crippen molar-refractivity contribution in [1.29, 1.82) is 0 Å². The summed E-state index contributed by atoms with van der Waals surface area (Å²) < 4.78 is 41.6. The molecule has 546 valence electrons. The van der Waals surface area contributed by atoms with E-state index in [0.29, 0.717) is 63.6 Å². The van der Waals surface area contributed by atoms with Crippen LogP contribution in [0.25, 0.3) is 0 Å². The Morgan fingerprint density at radius 2 is 1.20 bits per heavy atom. The monoisotopic (exact) mass is 1400 g/mol. The zero-order valence-electron chi connectivity index (χ0n) is 59.2. The van der Waals surface area contributed by atoms with Crippen LogP contribution < -0.4 is 16.0 Å². The van der Waals surface area contributed by atoms with E-state index in [-0.39, 0.29) is 63.3 Å². The molecule has 3 aliphatic heterocycles. The Kier molecular flexibility index (Phi) is 27.8. The first-order valence-electron chi connectivity index (χ1n) is 35.4. The summed E-state index contributed by atoms with van der Waals surface area (Å²) in [5.41, 5.74) is -2.33. The van der Waals surface area contributed by atoms with Gasteiger partial charge < -0.3 is 60.0 Å². The van der Waals surface area contributed by atoms with E-state index in [2.05, 4.69) is 16.0 Å². The van der Waals surface area contributed by atoms with Crippen LogP contribution in [0.2, 0.25) is 5.02 Å². The maximum atomic E-state index is 15.7. The zero-order chi connectivity index (χ0) is 72.1. The molecule has 28 heteroatoms. The first-order chi connectivity index (χ1) is 46.2. The van der Waals surface area contributed by atoms with Crippen LogP contribution >= 0.6 is 11.6 Å². The SMILES string of the molecule is CC(C)C[C@H]1C(=O)N[C@@H](C)C(=O)N(C)CC(=O)N(C)CC(=O)N(C)[C@@H](CC2CCCCC2)C(=O)N(C)CC(=O)N[C@@H](CCc2ccc(C(F)(F)F)c(Cl)c2)C(=O)N2CCC[C@H]2C(=O)NC2(CCCC2)C(=O)N(C)[C@@H](C2CCCCC2)C(=O)N(C)[C@H](C(=O)N2CCCCC2)CC(=O)N1C. The van der Waals surface area contributed by atoms with Gasteiger partial charge in [-0.15, -0.1) is 0 Å². The van der Waals surface area contributed by atoms with E-state index in [4.69, 9.17) is 11.6 Å². The molecular formula is C70H106ClF3N12O12. The molecule has 1 aromatic carbocycles. The number of hydrogen-bond donors (Lipinski definition) is 3. The van der Waals surface area contributed by atoms with Gasteiger partial charge in [0.1, 0.15) is 47.8 Å². The Balaban J connectivity index is 1.27. The standard InChI is InChI=1S/C70H106ClF3N12O12/c1-44(2)37-53-61(91)75-45(3)63(93)80(6)42-58(89)78(4)43-59(90)82(8)54(39-46-23-14-11-15-24-46)65(95)79(5)41-56(87)76-51(31-29-47-28-30-49(50(71)38-47)70(72,73)74)64(94)86-36-22-27-52(86)62(92)77-69(32-18-19-33-69)68(98)84(10)60(48-25-16-12-17-26-48)67(97)83(9)55(40-57(88)81(53)7)66(96)85-34-20-13-21-35-85/h28,30,38,44-46,48,51-55,60H,11-27,29,31-37,39-43H2,1-10H3,(H,75,91)(H,76,87)(H,77,92)/t45-,51-,52-,53-,54-,55-,60-/m0/s1. The van der Waals surface area contributed by atoms with Crippen LogP contribution in [-0.2, 0) is 70.1 Å². The summed E-state index contributed by atoms with van der Waals surface area (Å²) in [4.78, 5) is 189. The Morgan fingerprint density at radius 1 is 0.612 bits per heavy atom. The number of benzene rings is 1. The Labute approximate surface area is 580 Å². The Bertz CT molecular complexity index is 3060. The number of likely N-dealkylation sites (tertiary alicyclic amines) is 1. The summed E-state index contributed by atoms with van der Waals surface area (Å²) >= 11 is 6.15. The van der Waals surface area contributed by atoms with Gasteiger partial charge in [-0.1, -0.05) is 95.7 Å². The quantitative estimate of drug-likeness (QED) is 0.281. The highest BCUT2D eigenvalue weighted by atomic mass is 35.5. The number of alkyl halides is 3. The van der Waals surface area contributed by atoms with Gasteiger partial charge in [-0.3, -0.25) is 57.5 Å². The molecule has 0 bridgehead atoms. The normalized spacial score (nSPS) is 26.9. The van der Waals surface area contributed by atoms with Crippen molar-refractivity contribution in [3.63, 3.8) is 0 Å². The second-order valence-corrected chi connectivity index (χ2v) is 29.4. The smallest absolute Gasteiger partial charge is 0.343 e. The second-order valence-electron chi connectivity index (χ2n) is 29.0. The largest absolute Gasteiger partial charge is 0.417 e. The maximum absolute atomic E-state index is 15.7. The lowest BCUT2D eigenvalue weighted by Crippen LogP contribution is -2.65. The van der Waals surface area contributed by atoms with Gasteiger partial charge in [0.2, 0.25) is 70.9 Å². The minimum absolute atomic E-state index is 0.0231. The van der Waals surface area contributed by atoms with E-state index >= 15 is 24.0 Å². The molecule has 0 radical (unpaired) electrons. The molecule has 6 aliphatic rings. The highest BCUT2D eigenvalue weighted by Gasteiger charge is 2.51. The number of nitrogens with zero attached hydrogens (tertiary/aromatic N) is 9. The van der Waals surface area contributed by atoms with Crippen LogP contribution in [0.4, 0.5) is 13.2 Å². The number of aryl methyl sites for hydroxylation is 1. The predicted octanol–water partition coefficient (Wildman–Crippen LogP) is 5.40. The number of rotatable bonds is 9. The number of amides is 12. The van der Waals surface area contributed by atoms with Gasteiger partial charge in [-0.2, -0.15) is 13.2 Å². The van der Waals surface area contributed by atoms with E-state index in [1.165, 1.54) is 86.8 Å². The lowest BCUT2D eigenvalue weighted by atomic mass is 9.81. The lowest BCUT2D eigenvalue weighted by Gasteiger charge is -2.43. The zero-order valence-corrected chi connectivity index (χ0v) is 59.9. The van der Waals surface area contributed by atoms with Gasteiger partial charge in [0, 0.05) is 69.0 Å².